The standard InChI is InChI=1S/C22H28N4O3S/c1-14-18(20(27)25-9-11-26(12-10-25)21(28)22(29)6-7-22)30-19(23-14)16-3-4-17-15(13-16)5-8-24(17)2/h3-5,8,13-14,18-19,23,29H,6-7,9-12H2,1-2H3. The number of carbonyl (C=O) groups is 2. The van der Waals surface area contributed by atoms with Crippen molar-refractivity contribution in [3.05, 3.63) is 36.0 Å². The molecule has 30 heavy (non-hydrogen) atoms. The first kappa shape index (κ1) is 19.9. The fraction of sp³-hybridized carbons (Fsp3) is 0.545. The second-order valence-electron chi connectivity index (χ2n) is 8.79. The summed E-state index contributed by atoms with van der Waals surface area (Å²) in [4.78, 5) is 29.1. The third kappa shape index (κ3) is 3.40. The van der Waals surface area contributed by atoms with Gasteiger partial charge < -0.3 is 19.5 Å². The maximum Gasteiger partial charge on any atom is 0.254 e. The normalized spacial score (nSPS) is 28.2. The zero-order chi connectivity index (χ0) is 21.0. The minimum Gasteiger partial charge on any atom is -0.380 e. The molecule has 1 aromatic heterocycles. The number of benzene rings is 1. The first-order valence-electron chi connectivity index (χ1n) is 10.6. The lowest BCUT2D eigenvalue weighted by molar-refractivity contribution is -0.147. The third-order valence-electron chi connectivity index (χ3n) is 6.61. The van der Waals surface area contributed by atoms with E-state index < -0.39 is 5.60 Å². The van der Waals surface area contributed by atoms with Crippen LogP contribution in [0.3, 0.4) is 0 Å². The molecule has 3 heterocycles. The number of nitrogens with zero attached hydrogens (tertiary/aromatic N) is 3. The number of fused-ring (bicyclic) bond motifs is 1. The highest BCUT2D eigenvalue weighted by atomic mass is 32.2. The molecule has 5 rings (SSSR count). The van der Waals surface area contributed by atoms with E-state index in [1.54, 1.807) is 16.7 Å². The van der Waals surface area contributed by atoms with Gasteiger partial charge in [0.15, 0.2) is 0 Å². The fourth-order valence-electron chi connectivity index (χ4n) is 4.48. The minimum absolute atomic E-state index is 0.0748. The van der Waals surface area contributed by atoms with Crippen molar-refractivity contribution in [3.8, 4) is 0 Å². The van der Waals surface area contributed by atoms with Gasteiger partial charge in [0.05, 0.1) is 5.37 Å². The lowest BCUT2D eigenvalue weighted by Gasteiger charge is -2.37. The molecule has 8 heteroatoms. The molecule has 2 amide bonds. The molecular formula is C22H28N4O3S. The van der Waals surface area contributed by atoms with Crippen molar-refractivity contribution >= 4 is 34.5 Å². The topological polar surface area (TPSA) is 77.8 Å². The quantitative estimate of drug-likeness (QED) is 0.774. The van der Waals surface area contributed by atoms with Gasteiger partial charge in [0, 0.05) is 51.0 Å². The Morgan fingerprint density at radius 3 is 2.53 bits per heavy atom. The largest absolute Gasteiger partial charge is 0.380 e. The number of aryl methyl sites for hydroxylation is 1. The number of aromatic nitrogens is 1. The number of nitrogens with one attached hydrogen (secondary N) is 1. The van der Waals surface area contributed by atoms with Crippen LogP contribution in [0.2, 0.25) is 0 Å². The molecule has 0 spiro atoms. The Bertz CT molecular complexity index is 993. The van der Waals surface area contributed by atoms with Crippen LogP contribution in [0, 0.1) is 0 Å². The first-order chi connectivity index (χ1) is 14.4. The van der Waals surface area contributed by atoms with Gasteiger partial charge in [-0.15, -0.1) is 11.8 Å². The molecule has 2 aromatic rings. The molecule has 3 unspecified atom stereocenters. The lowest BCUT2D eigenvalue weighted by Crippen LogP contribution is -2.55. The fourth-order valence-corrected chi connectivity index (χ4v) is 5.95. The van der Waals surface area contributed by atoms with Crippen molar-refractivity contribution in [2.45, 2.75) is 42.0 Å². The Labute approximate surface area is 180 Å². The van der Waals surface area contributed by atoms with Crippen LogP contribution in [0.5, 0.6) is 0 Å². The molecule has 160 valence electrons. The van der Waals surface area contributed by atoms with Crippen LogP contribution in [0.1, 0.15) is 30.7 Å². The first-order valence-corrected chi connectivity index (χ1v) is 11.6. The van der Waals surface area contributed by atoms with Gasteiger partial charge in [0.1, 0.15) is 10.9 Å². The lowest BCUT2D eigenvalue weighted by atomic mass is 10.1. The zero-order valence-corrected chi connectivity index (χ0v) is 18.2. The SMILES string of the molecule is CC1NC(c2ccc3c(ccn3C)c2)SC1C(=O)N1CCN(C(=O)C2(O)CC2)CC1. The predicted molar refractivity (Wildman–Crippen MR) is 117 cm³/mol. The van der Waals surface area contributed by atoms with E-state index in [1.165, 1.54) is 16.5 Å². The number of thioether (sulfide) groups is 1. The van der Waals surface area contributed by atoms with Gasteiger partial charge >= 0.3 is 0 Å². The molecule has 1 aliphatic carbocycles. The van der Waals surface area contributed by atoms with E-state index in [1.807, 2.05) is 11.9 Å². The Hall–Kier alpha value is -2.03. The average Bonchev–Trinajstić information content (AvgIpc) is 3.23. The molecule has 2 aliphatic heterocycles. The van der Waals surface area contributed by atoms with Crippen molar-refractivity contribution in [2.24, 2.45) is 7.05 Å². The van der Waals surface area contributed by atoms with Crippen LogP contribution in [-0.4, -0.2) is 74.4 Å². The summed E-state index contributed by atoms with van der Waals surface area (Å²) in [5.74, 6) is -0.0308. The van der Waals surface area contributed by atoms with Crippen molar-refractivity contribution in [2.75, 3.05) is 26.2 Å². The number of piperazine rings is 1. The van der Waals surface area contributed by atoms with E-state index in [-0.39, 0.29) is 28.5 Å². The molecule has 2 N–H and O–H groups in total. The van der Waals surface area contributed by atoms with Gasteiger partial charge in [-0.3, -0.25) is 14.9 Å². The highest BCUT2D eigenvalue weighted by Crippen LogP contribution is 2.40. The highest BCUT2D eigenvalue weighted by Gasteiger charge is 2.50. The second kappa shape index (κ2) is 7.28. The molecular weight excluding hydrogens is 400 g/mol. The van der Waals surface area contributed by atoms with Crippen molar-refractivity contribution in [1.82, 2.24) is 19.7 Å². The van der Waals surface area contributed by atoms with Crippen LogP contribution in [-0.2, 0) is 16.6 Å². The van der Waals surface area contributed by atoms with E-state index in [9.17, 15) is 14.7 Å². The molecule has 2 saturated heterocycles. The van der Waals surface area contributed by atoms with Crippen LogP contribution >= 0.6 is 11.8 Å². The zero-order valence-electron chi connectivity index (χ0n) is 17.4. The molecule has 1 saturated carbocycles. The van der Waals surface area contributed by atoms with E-state index >= 15 is 0 Å². The summed E-state index contributed by atoms with van der Waals surface area (Å²) in [6, 6.07) is 8.66. The van der Waals surface area contributed by atoms with Crippen LogP contribution < -0.4 is 5.32 Å². The number of hydrogen-bond donors (Lipinski definition) is 2. The number of rotatable bonds is 3. The summed E-state index contributed by atoms with van der Waals surface area (Å²) in [6.45, 7) is 4.13. The Kier molecular flexibility index (Phi) is 4.83. The predicted octanol–water partition coefficient (Wildman–Crippen LogP) is 1.47. The van der Waals surface area contributed by atoms with Crippen LogP contribution in [0.15, 0.2) is 30.5 Å². The van der Waals surface area contributed by atoms with Gasteiger partial charge in [-0.05, 0) is 48.9 Å². The number of carbonyl (C=O) groups excluding carboxylic acids is 2. The molecule has 3 fully saturated rings. The Balaban J connectivity index is 1.22. The van der Waals surface area contributed by atoms with Crippen LogP contribution in [0.4, 0.5) is 0 Å². The summed E-state index contributed by atoms with van der Waals surface area (Å²) in [5, 5.41) is 14.8. The highest BCUT2D eigenvalue weighted by molar-refractivity contribution is 8.01. The van der Waals surface area contributed by atoms with E-state index in [0.29, 0.717) is 39.0 Å². The van der Waals surface area contributed by atoms with Crippen molar-refractivity contribution in [3.63, 3.8) is 0 Å². The van der Waals surface area contributed by atoms with Crippen molar-refractivity contribution < 1.29 is 14.7 Å². The molecule has 0 radical (unpaired) electrons. The molecule has 0 bridgehead atoms. The molecule has 3 atom stereocenters. The third-order valence-corrected chi connectivity index (χ3v) is 8.19. The second-order valence-corrected chi connectivity index (χ2v) is 10.0. The summed E-state index contributed by atoms with van der Waals surface area (Å²) < 4.78 is 2.11. The maximum absolute atomic E-state index is 13.2. The van der Waals surface area contributed by atoms with E-state index in [2.05, 4.69) is 47.3 Å². The number of amides is 2. The summed E-state index contributed by atoms with van der Waals surface area (Å²) >= 11 is 1.68. The average molecular weight is 429 g/mol. The maximum atomic E-state index is 13.2. The van der Waals surface area contributed by atoms with Gasteiger partial charge in [-0.2, -0.15) is 0 Å². The summed E-state index contributed by atoms with van der Waals surface area (Å²) in [5.41, 5.74) is 1.26. The van der Waals surface area contributed by atoms with Gasteiger partial charge in [0.25, 0.3) is 5.91 Å². The van der Waals surface area contributed by atoms with Gasteiger partial charge in [0.2, 0.25) is 5.91 Å². The monoisotopic (exact) mass is 428 g/mol. The summed E-state index contributed by atoms with van der Waals surface area (Å²) in [6.07, 6.45) is 3.18. The van der Waals surface area contributed by atoms with E-state index in [4.69, 9.17) is 0 Å². The molecule has 3 aliphatic rings. The van der Waals surface area contributed by atoms with Gasteiger partial charge in [-0.1, -0.05) is 6.07 Å². The van der Waals surface area contributed by atoms with Crippen LogP contribution in [0.25, 0.3) is 10.9 Å². The summed E-state index contributed by atoms with van der Waals surface area (Å²) in [7, 11) is 2.04. The Morgan fingerprint density at radius 2 is 1.83 bits per heavy atom. The molecule has 1 aromatic carbocycles. The molecule has 7 nitrogen and oxygen atoms in total. The van der Waals surface area contributed by atoms with Crippen molar-refractivity contribution in [1.29, 1.82) is 0 Å². The number of aliphatic hydroxyl groups is 1. The Morgan fingerprint density at radius 1 is 1.13 bits per heavy atom. The smallest absolute Gasteiger partial charge is 0.254 e. The minimum atomic E-state index is -1.13. The van der Waals surface area contributed by atoms with Gasteiger partial charge in [-0.25, -0.2) is 0 Å². The van der Waals surface area contributed by atoms with E-state index in [0.717, 1.165) is 0 Å². The number of hydrogen-bond acceptors (Lipinski definition) is 5.